The number of carbonyl (C=O) groups excluding carboxylic acids is 4. The Hall–Kier alpha value is 0.159. The maximum absolute atomic E-state index is 10.4. The molecule has 0 heterocycles. The van der Waals surface area contributed by atoms with Crippen LogP contribution in [0.25, 0.3) is 0 Å². The van der Waals surface area contributed by atoms with Crippen molar-refractivity contribution in [3.8, 4) is 0 Å². The number of carboxylic acid groups (broad SMARTS) is 4. The number of carbonyl (C=O) groups is 4. The Kier molecular flexibility index (Phi) is 53.2. The van der Waals surface area contributed by atoms with E-state index in [2.05, 4.69) is 0 Å². The van der Waals surface area contributed by atoms with E-state index in [-0.39, 0.29) is 111 Å². The van der Waals surface area contributed by atoms with Gasteiger partial charge >= 0.3 is 59.1 Å². The van der Waals surface area contributed by atoms with Gasteiger partial charge in [-0.05, 0) is 0 Å². The summed E-state index contributed by atoms with van der Waals surface area (Å²) >= 11 is 0. The van der Waals surface area contributed by atoms with Gasteiger partial charge in [0.25, 0.3) is 0 Å². The molecule has 0 bridgehead atoms. The molecule has 0 aromatic rings. The van der Waals surface area contributed by atoms with Crippen LogP contribution in [-0.2, 0) is 36.2 Å². The van der Waals surface area contributed by atoms with Crippen LogP contribution in [0.2, 0.25) is 0 Å². The molecule has 1 radical (unpaired) electrons. The van der Waals surface area contributed by atoms with Crippen LogP contribution in [0, 0.1) is 0 Å². The average molecular weight is 470 g/mol. The Balaban J connectivity index is -0.0000000860. The van der Waals surface area contributed by atoms with Crippen LogP contribution in [0.1, 0.15) is 0 Å². The van der Waals surface area contributed by atoms with Crippen LogP contribution in [0.3, 0.4) is 0 Å². The molecular formula is C10H20CuN2Na2O12-2. The molecule has 0 unspecified atom stereocenters. The average Bonchev–Trinajstić information content (AvgIpc) is 2.22. The van der Waals surface area contributed by atoms with Gasteiger partial charge in [0, 0.05) is 56.3 Å². The third kappa shape index (κ3) is 34.1. The molecule has 0 spiro atoms. The quantitative estimate of drug-likeness (QED) is 0.257. The van der Waals surface area contributed by atoms with E-state index in [9.17, 15) is 39.6 Å². The molecule has 0 aliphatic carbocycles. The minimum absolute atomic E-state index is 0. The molecule has 157 valence electrons. The van der Waals surface area contributed by atoms with Crippen molar-refractivity contribution in [2.45, 2.75) is 0 Å². The van der Waals surface area contributed by atoms with Gasteiger partial charge < -0.3 is 61.5 Å². The SMILES string of the molecule is O.O.O.O.O=C([O-])CN(CCN(CC(=O)[O-])CC(=O)[O-])CC(=O)[O-].[Cu].[Na+].[Na+]. The fourth-order valence-corrected chi connectivity index (χ4v) is 1.44. The van der Waals surface area contributed by atoms with E-state index in [1.54, 1.807) is 0 Å². The molecular weight excluding hydrogens is 450 g/mol. The van der Waals surface area contributed by atoms with Crippen LogP contribution in [-0.4, -0.2) is 94.9 Å². The third-order valence-electron chi connectivity index (χ3n) is 2.14. The molecule has 0 saturated heterocycles. The van der Waals surface area contributed by atoms with Crippen molar-refractivity contribution in [2.24, 2.45) is 0 Å². The minimum atomic E-state index is -1.53. The van der Waals surface area contributed by atoms with Crippen LogP contribution in [0.15, 0.2) is 0 Å². The number of carboxylic acids is 4. The predicted octanol–water partition coefficient (Wildman–Crippen LogP) is -16.7. The van der Waals surface area contributed by atoms with Crippen LogP contribution in [0.4, 0.5) is 0 Å². The van der Waals surface area contributed by atoms with E-state index >= 15 is 0 Å². The zero-order chi connectivity index (χ0) is 15.7. The van der Waals surface area contributed by atoms with E-state index in [1.165, 1.54) is 0 Å². The van der Waals surface area contributed by atoms with Gasteiger partial charge in [-0.15, -0.1) is 0 Å². The first kappa shape index (κ1) is 50.6. The second kappa shape index (κ2) is 28.4. The molecule has 0 aliphatic heterocycles. The Morgan fingerprint density at radius 3 is 0.778 bits per heavy atom. The first-order valence-corrected chi connectivity index (χ1v) is 5.44. The van der Waals surface area contributed by atoms with Gasteiger partial charge in [-0.2, -0.15) is 0 Å². The van der Waals surface area contributed by atoms with Crippen molar-refractivity contribution in [3.63, 3.8) is 0 Å². The summed E-state index contributed by atoms with van der Waals surface area (Å²) in [5.41, 5.74) is 0. The number of rotatable bonds is 11. The smallest absolute Gasteiger partial charge is 0.549 e. The Morgan fingerprint density at radius 2 is 0.667 bits per heavy atom. The van der Waals surface area contributed by atoms with Crippen molar-refractivity contribution >= 4 is 23.9 Å². The van der Waals surface area contributed by atoms with Crippen molar-refractivity contribution in [2.75, 3.05) is 39.3 Å². The fraction of sp³-hybridized carbons (Fsp3) is 0.600. The van der Waals surface area contributed by atoms with E-state index in [1.807, 2.05) is 0 Å². The standard InChI is InChI=1S/C10H16N2O8.Cu.2Na.4H2O/c13-7(14)3-11(4-8(15)16)1-2-12(5-9(17)18)6-10(19)20;;;;;;;/h1-6H2,(H,13,14)(H,15,16)(H,17,18)(H,19,20);;;;4*1H2/q;;2*+1;;;;/p-4. The molecule has 0 aliphatic rings. The first-order chi connectivity index (χ1) is 9.20. The van der Waals surface area contributed by atoms with E-state index in [0.717, 1.165) is 9.80 Å². The van der Waals surface area contributed by atoms with Crippen LogP contribution >= 0.6 is 0 Å². The second-order valence-corrected chi connectivity index (χ2v) is 3.91. The van der Waals surface area contributed by atoms with E-state index < -0.39 is 50.1 Å². The van der Waals surface area contributed by atoms with Crippen LogP contribution < -0.4 is 79.5 Å². The molecule has 0 rings (SSSR count). The van der Waals surface area contributed by atoms with Crippen molar-refractivity contribution in [1.82, 2.24) is 9.80 Å². The molecule has 17 heteroatoms. The number of nitrogens with zero attached hydrogens (tertiary/aromatic N) is 2. The monoisotopic (exact) mass is 469 g/mol. The summed E-state index contributed by atoms with van der Waals surface area (Å²) < 4.78 is 0. The summed E-state index contributed by atoms with van der Waals surface area (Å²) in [6.07, 6.45) is 0. The topological polar surface area (TPSA) is 293 Å². The predicted molar refractivity (Wildman–Crippen MR) is 67.4 cm³/mol. The van der Waals surface area contributed by atoms with Crippen molar-refractivity contribution in [3.05, 3.63) is 0 Å². The summed E-state index contributed by atoms with van der Waals surface area (Å²) in [5.74, 6) is -6.12. The molecule has 0 fully saturated rings. The molecule has 8 N–H and O–H groups in total. The van der Waals surface area contributed by atoms with E-state index in [0.29, 0.717) is 0 Å². The summed E-state index contributed by atoms with van der Waals surface area (Å²) in [6.45, 7) is -3.25. The first-order valence-electron chi connectivity index (χ1n) is 5.44. The van der Waals surface area contributed by atoms with E-state index in [4.69, 9.17) is 0 Å². The summed E-state index contributed by atoms with van der Waals surface area (Å²) in [7, 11) is 0. The van der Waals surface area contributed by atoms with Crippen molar-refractivity contribution < 1.29 is 138 Å². The largest absolute Gasteiger partial charge is 1.00 e. The van der Waals surface area contributed by atoms with Gasteiger partial charge in [-0.3, -0.25) is 9.80 Å². The molecule has 0 amide bonds. The van der Waals surface area contributed by atoms with Gasteiger partial charge in [0.15, 0.2) is 0 Å². The Morgan fingerprint density at radius 1 is 0.519 bits per heavy atom. The van der Waals surface area contributed by atoms with Gasteiger partial charge in [0.2, 0.25) is 0 Å². The molecule has 0 aromatic heterocycles. The number of aliphatic carboxylic acids is 4. The summed E-state index contributed by atoms with van der Waals surface area (Å²) in [5, 5.41) is 41.6. The molecule has 0 saturated carbocycles. The van der Waals surface area contributed by atoms with Gasteiger partial charge in [0.05, 0.1) is 23.9 Å². The number of hydrogen-bond acceptors (Lipinski definition) is 10. The Labute approximate surface area is 209 Å². The summed E-state index contributed by atoms with van der Waals surface area (Å²) in [4.78, 5) is 43.4. The minimum Gasteiger partial charge on any atom is -0.549 e. The molecule has 0 atom stereocenters. The molecule has 27 heavy (non-hydrogen) atoms. The maximum Gasteiger partial charge on any atom is 1.00 e. The summed E-state index contributed by atoms with van der Waals surface area (Å²) in [6, 6.07) is 0. The van der Waals surface area contributed by atoms with Gasteiger partial charge in [-0.1, -0.05) is 0 Å². The second-order valence-electron chi connectivity index (χ2n) is 3.91. The van der Waals surface area contributed by atoms with Crippen LogP contribution in [0.5, 0.6) is 0 Å². The molecule has 0 aromatic carbocycles. The third-order valence-corrected chi connectivity index (χ3v) is 2.14. The van der Waals surface area contributed by atoms with Crippen molar-refractivity contribution in [1.29, 1.82) is 0 Å². The zero-order valence-electron chi connectivity index (χ0n) is 14.7. The fourth-order valence-electron chi connectivity index (χ4n) is 1.44. The molecule has 14 nitrogen and oxygen atoms in total. The van der Waals surface area contributed by atoms with Gasteiger partial charge in [0.1, 0.15) is 0 Å². The zero-order valence-corrected chi connectivity index (χ0v) is 19.6. The Bertz CT molecular complexity index is 336. The maximum atomic E-state index is 10.4. The number of hydrogen-bond donors (Lipinski definition) is 0. The van der Waals surface area contributed by atoms with Gasteiger partial charge in [-0.25, -0.2) is 0 Å². The normalized spacial score (nSPS) is 7.93.